The van der Waals surface area contributed by atoms with Crippen molar-refractivity contribution >= 4 is 11.8 Å². The Hall–Kier alpha value is -1.42. The quantitative estimate of drug-likeness (QED) is 0.430. The lowest BCUT2D eigenvalue weighted by molar-refractivity contribution is -0.143. The van der Waals surface area contributed by atoms with Crippen LogP contribution in [0.15, 0.2) is 23.3 Å². The van der Waals surface area contributed by atoms with E-state index in [1.807, 2.05) is 0 Å². The summed E-state index contributed by atoms with van der Waals surface area (Å²) in [7, 11) is 0. The number of carboxylic acids is 1. The fourth-order valence-electron chi connectivity index (χ4n) is 9.00. The van der Waals surface area contributed by atoms with Crippen LogP contribution in [0.1, 0.15) is 99.8 Å². The van der Waals surface area contributed by atoms with Gasteiger partial charge in [0.25, 0.3) is 0 Å². The first-order chi connectivity index (χ1) is 15.7. The van der Waals surface area contributed by atoms with Crippen molar-refractivity contribution in [2.45, 2.75) is 106 Å². The van der Waals surface area contributed by atoms with E-state index in [2.05, 4.69) is 53.7 Å². The Labute approximate surface area is 206 Å². The van der Waals surface area contributed by atoms with Gasteiger partial charge in [-0.2, -0.15) is 0 Å². The number of hydrogen-bond acceptors (Lipinski definition) is 3. The van der Waals surface area contributed by atoms with E-state index >= 15 is 0 Å². The van der Waals surface area contributed by atoms with Gasteiger partial charge in [0, 0.05) is 12.8 Å². The molecule has 4 heteroatoms. The molecule has 4 aliphatic carbocycles. The van der Waals surface area contributed by atoms with Crippen LogP contribution < -0.4 is 0 Å². The number of allylic oxidation sites excluding steroid dienone is 4. The van der Waals surface area contributed by atoms with Gasteiger partial charge in [0.2, 0.25) is 0 Å². The van der Waals surface area contributed by atoms with Crippen LogP contribution in [0.5, 0.6) is 0 Å². The first kappa shape index (κ1) is 25.7. The molecule has 190 valence electrons. The molecule has 0 saturated heterocycles. The molecule has 0 heterocycles. The average Bonchev–Trinajstić information content (AvgIpc) is 3.02. The summed E-state index contributed by atoms with van der Waals surface area (Å²) in [6.45, 7) is 15.7. The molecule has 0 unspecified atom stereocenters. The van der Waals surface area contributed by atoms with Crippen LogP contribution in [-0.4, -0.2) is 28.1 Å². The van der Waals surface area contributed by atoms with Crippen LogP contribution in [0, 0.1) is 45.3 Å². The lowest BCUT2D eigenvalue weighted by Gasteiger charge is -2.64. The molecule has 34 heavy (non-hydrogen) atoms. The molecule has 0 bridgehead atoms. The number of hydrogen-bond donors (Lipinski definition) is 2. The third-order valence-electron chi connectivity index (χ3n) is 11.4. The van der Waals surface area contributed by atoms with Crippen molar-refractivity contribution in [1.82, 2.24) is 0 Å². The predicted octanol–water partition coefficient (Wildman–Crippen LogP) is 6.58. The minimum absolute atomic E-state index is 0.0339. The molecule has 0 aromatic heterocycles. The summed E-state index contributed by atoms with van der Waals surface area (Å²) in [5, 5.41) is 20.0. The number of carbonyl (C=O) groups is 2. The minimum atomic E-state index is -0.895. The number of aliphatic hydroxyl groups is 1. The topological polar surface area (TPSA) is 74.6 Å². The lowest BCUT2D eigenvalue weighted by atomic mass is 9.41. The van der Waals surface area contributed by atoms with Gasteiger partial charge in [0.1, 0.15) is 5.78 Å². The third kappa shape index (κ3) is 3.57. The van der Waals surface area contributed by atoms with Gasteiger partial charge >= 0.3 is 5.97 Å². The Bertz CT molecular complexity index is 928. The molecule has 0 radical (unpaired) electrons. The summed E-state index contributed by atoms with van der Waals surface area (Å²) in [5.74, 6) is -0.252. The standard InChI is InChI=1S/C30H46O4/c1-18(16-20(31)17-19(2)26(33)34)21-10-14-30(7)23-8-9-24-27(3,4)25(32)12-13-28(24,5)22(23)11-15-29(21,30)6/h10-11,18-19,23-25,32H,8-9,12-17H2,1-7H3,(H,33,34)/t18-,19-,23-,24+,25+,28-,29-,30+/m1/s1. The highest BCUT2D eigenvalue weighted by Crippen LogP contribution is 2.71. The average molecular weight is 471 g/mol. The summed E-state index contributed by atoms with van der Waals surface area (Å²) < 4.78 is 0. The Morgan fingerprint density at radius 2 is 1.68 bits per heavy atom. The highest BCUT2D eigenvalue weighted by molar-refractivity contribution is 5.84. The van der Waals surface area contributed by atoms with E-state index < -0.39 is 11.9 Å². The summed E-state index contributed by atoms with van der Waals surface area (Å²) >= 11 is 0. The monoisotopic (exact) mass is 470 g/mol. The molecular formula is C30H46O4. The second-order valence-corrected chi connectivity index (χ2v) is 13.5. The van der Waals surface area contributed by atoms with Gasteiger partial charge in [0.05, 0.1) is 12.0 Å². The van der Waals surface area contributed by atoms with Crippen molar-refractivity contribution < 1.29 is 19.8 Å². The zero-order valence-electron chi connectivity index (χ0n) is 22.4. The first-order valence-corrected chi connectivity index (χ1v) is 13.5. The molecule has 2 saturated carbocycles. The molecule has 0 aromatic rings. The van der Waals surface area contributed by atoms with Gasteiger partial charge in [-0.1, -0.05) is 71.8 Å². The third-order valence-corrected chi connectivity index (χ3v) is 11.4. The van der Waals surface area contributed by atoms with E-state index in [1.165, 1.54) is 18.4 Å². The number of ketones is 1. The second kappa shape index (κ2) is 8.32. The number of carbonyl (C=O) groups excluding carboxylic acids is 1. The molecule has 0 spiro atoms. The van der Waals surface area contributed by atoms with E-state index in [-0.39, 0.29) is 45.9 Å². The van der Waals surface area contributed by atoms with Crippen LogP contribution >= 0.6 is 0 Å². The summed E-state index contributed by atoms with van der Waals surface area (Å²) in [4.78, 5) is 23.9. The number of aliphatic carboxylic acids is 1. The first-order valence-electron chi connectivity index (χ1n) is 13.5. The maximum Gasteiger partial charge on any atom is 0.306 e. The van der Waals surface area contributed by atoms with Crippen molar-refractivity contribution in [1.29, 1.82) is 0 Å². The highest BCUT2D eigenvalue weighted by Gasteiger charge is 2.63. The van der Waals surface area contributed by atoms with Crippen molar-refractivity contribution in [2.24, 2.45) is 45.3 Å². The van der Waals surface area contributed by atoms with E-state index in [0.29, 0.717) is 18.3 Å². The fraction of sp³-hybridized carbons (Fsp3) is 0.800. The lowest BCUT2D eigenvalue weighted by Crippen LogP contribution is -2.57. The molecule has 4 aliphatic rings. The fourth-order valence-corrected chi connectivity index (χ4v) is 9.00. The molecule has 4 rings (SSSR count). The number of rotatable bonds is 6. The number of Topliss-reactive ketones (excluding diaryl/α,β-unsaturated/α-hetero) is 1. The summed E-state index contributed by atoms with van der Waals surface area (Å²) in [6, 6.07) is 0. The van der Waals surface area contributed by atoms with Gasteiger partial charge in [-0.3, -0.25) is 9.59 Å². The maximum atomic E-state index is 12.7. The Morgan fingerprint density at radius 3 is 2.32 bits per heavy atom. The van der Waals surface area contributed by atoms with Crippen LogP contribution in [0.3, 0.4) is 0 Å². The van der Waals surface area contributed by atoms with Gasteiger partial charge in [-0.25, -0.2) is 0 Å². The van der Waals surface area contributed by atoms with Crippen LogP contribution in [-0.2, 0) is 9.59 Å². The van der Waals surface area contributed by atoms with Crippen molar-refractivity contribution in [3.05, 3.63) is 23.3 Å². The molecule has 2 fully saturated rings. The van der Waals surface area contributed by atoms with Crippen LogP contribution in [0.25, 0.3) is 0 Å². The molecule has 0 aromatic carbocycles. The normalized spacial score (nSPS) is 42.4. The Morgan fingerprint density at radius 1 is 1.00 bits per heavy atom. The van der Waals surface area contributed by atoms with E-state index in [4.69, 9.17) is 0 Å². The Kier molecular flexibility index (Phi) is 6.28. The van der Waals surface area contributed by atoms with Crippen molar-refractivity contribution in [2.75, 3.05) is 0 Å². The molecule has 8 atom stereocenters. The zero-order chi connectivity index (χ0) is 25.3. The second-order valence-electron chi connectivity index (χ2n) is 13.5. The van der Waals surface area contributed by atoms with Crippen molar-refractivity contribution in [3.8, 4) is 0 Å². The van der Waals surface area contributed by atoms with Crippen LogP contribution in [0.2, 0.25) is 0 Å². The summed E-state index contributed by atoms with van der Waals surface area (Å²) in [6.07, 6.45) is 11.7. The van der Waals surface area contributed by atoms with Gasteiger partial charge in [-0.15, -0.1) is 0 Å². The number of carboxylic acid groups (broad SMARTS) is 1. The predicted molar refractivity (Wildman–Crippen MR) is 135 cm³/mol. The number of aliphatic hydroxyl groups excluding tert-OH is 1. The van der Waals surface area contributed by atoms with Crippen molar-refractivity contribution in [3.63, 3.8) is 0 Å². The summed E-state index contributed by atoms with van der Waals surface area (Å²) in [5.41, 5.74) is 3.35. The molecule has 4 nitrogen and oxygen atoms in total. The van der Waals surface area contributed by atoms with Gasteiger partial charge in [-0.05, 0) is 77.9 Å². The zero-order valence-corrected chi connectivity index (χ0v) is 22.4. The largest absolute Gasteiger partial charge is 0.481 e. The smallest absolute Gasteiger partial charge is 0.306 e. The molecule has 2 N–H and O–H groups in total. The molecular weight excluding hydrogens is 424 g/mol. The minimum Gasteiger partial charge on any atom is -0.481 e. The van der Waals surface area contributed by atoms with Gasteiger partial charge < -0.3 is 10.2 Å². The molecule has 0 amide bonds. The van der Waals surface area contributed by atoms with Crippen LogP contribution in [0.4, 0.5) is 0 Å². The van der Waals surface area contributed by atoms with Gasteiger partial charge in [0.15, 0.2) is 0 Å². The van der Waals surface area contributed by atoms with E-state index in [9.17, 15) is 19.8 Å². The number of fused-ring (bicyclic) bond motifs is 5. The van der Waals surface area contributed by atoms with E-state index in [0.717, 1.165) is 25.7 Å². The Balaban J connectivity index is 1.59. The SMILES string of the molecule is C[C@H](CC(=O)C[C@@H](C)C1=CC[C@@]2(C)[C@@H]3CC[C@H]4C(C)(C)[C@@H](O)CC[C@]4(C)C3=CC[C@]12C)C(=O)O. The highest BCUT2D eigenvalue weighted by atomic mass is 16.4. The van der Waals surface area contributed by atoms with E-state index in [1.54, 1.807) is 12.5 Å². The maximum absolute atomic E-state index is 12.7. The molecule has 0 aliphatic heterocycles.